The largest absolute Gasteiger partial charge is 0.344 e. The summed E-state index contributed by atoms with van der Waals surface area (Å²) in [6, 6.07) is 7.25. The highest BCUT2D eigenvalue weighted by Crippen LogP contribution is 2.37. The fourth-order valence-corrected chi connectivity index (χ4v) is 4.10. The van der Waals surface area contributed by atoms with Gasteiger partial charge in [0.25, 0.3) is 0 Å². The van der Waals surface area contributed by atoms with E-state index in [2.05, 4.69) is 5.32 Å². The van der Waals surface area contributed by atoms with E-state index in [-0.39, 0.29) is 12.6 Å². The van der Waals surface area contributed by atoms with Crippen LogP contribution in [0.5, 0.6) is 0 Å². The molecule has 24 heavy (non-hydrogen) atoms. The van der Waals surface area contributed by atoms with E-state index < -0.39 is 22.9 Å². The molecule has 3 N–H and O–H groups in total. The summed E-state index contributed by atoms with van der Waals surface area (Å²) < 4.78 is 0. The first-order valence-electron chi connectivity index (χ1n) is 8.16. The quantitative estimate of drug-likeness (QED) is 0.804. The minimum atomic E-state index is -0.619. The molecule has 0 aromatic heterocycles. The first-order valence-corrected chi connectivity index (χ1v) is 8.54. The number of benzene rings is 1. The standard InChI is InChI=1S/C18H26ClN3O2/c1-17(2)9-13(20)10-18(3,4)22(17)16(24)15(23)21-11-12-7-5-6-8-14(12)19/h5-8,13H,9-11,20H2,1-4H3,(H,21,23). The molecule has 1 aromatic carbocycles. The Kier molecular flexibility index (Phi) is 5.25. The Morgan fingerprint density at radius 2 is 1.75 bits per heavy atom. The first-order chi connectivity index (χ1) is 11.0. The molecule has 1 aliphatic heterocycles. The third-order valence-corrected chi connectivity index (χ3v) is 4.90. The van der Waals surface area contributed by atoms with Crippen molar-refractivity contribution in [2.24, 2.45) is 5.73 Å². The molecule has 2 rings (SSSR count). The zero-order chi connectivity index (χ0) is 18.1. The summed E-state index contributed by atoms with van der Waals surface area (Å²) in [5.74, 6) is -1.14. The van der Waals surface area contributed by atoms with Gasteiger partial charge in [0.05, 0.1) is 0 Å². The highest BCUT2D eigenvalue weighted by atomic mass is 35.5. The summed E-state index contributed by atoms with van der Waals surface area (Å²) in [4.78, 5) is 26.9. The van der Waals surface area contributed by atoms with Gasteiger partial charge in [0.1, 0.15) is 0 Å². The van der Waals surface area contributed by atoms with Crippen LogP contribution in [-0.2, 0) is 16.1 Å². The number of nitrogens with zero attached hydrogens (tertiary/aromatic N) is 1. The van der Waals surface area contributed by atoms with Crippen molar-refractivity contribution in [3.8, 4) is 0 Å². The van der Waals surface area contributed by atoms with Crippen LogP contribution in [0.4, 0.5) is 0 Å². The van der Waals surface area contributed by atoms with Crippen LogP contribution in [0.15, 0.2) is 24.3 Å². The van der Waals surface area contributed by atoms with Crippen LogP contribution in [0, 0.1) is 0 Å². The van der Waals surface area contributed by atoms with Gasteiger partial charge in [-0.15, -0.1) is 0 Å². The van der Waals surface area contributed by atoms with E-state index in [0.29, 0.717) is 17.9 Å². The second-order valence-corrected chi connectivity index (χ2v) is 8.12. The number of amides is 2. The molecular weight excluding hydrogens is 326 g/mol. The van der Waals surface area contributed by atoms with Crippen molar-refractivity contribution < 1.29 is 9.59 Å². The summed E-state index contributed by atoms with van der Waals surface area (Å²) in [6.45, 7) is 8.03. The molecule has 1 aromatic rings. The third-order valence-electron chi connectivity index (χ3n) is 4.53. The van der Waals surface area contributed by atoms with Crippen molar-refractivity contribution in [2.75, 3.05) is 0 Å². The molecule has 132 valence electrons. The number of rotatable bonds is 2. The molecule has 1 saturated heterocycles. The fraction of sp³-hybridized carbons (Fsp3) is 0.556. The lowest BCUT2D eigenvalue weighted by Crippen LogP contribution is -2.67. The van der Waals surface area contributed by atoms with Gasteiger partial charge in [0, 0.05) is 28.7 Å². The number of piperidine rings is 1. The van der Waals surface area contributed by atoms with Gasteiger partial charge in [-0.2, -0.15) is 0 Å². The van der Waals surface area contributed by atoms with Crippen molar-refractivity contribution in [3.63, 3.8) is 0 Å². The topological polar surface area (TPSA) is 75.4 Å². The fourth-order valence-electron chi connectivity index (χ4n) is 3.90. The van der Waals surface area contributed by atoms with Crippen LogP contribution in [0.25, 0.3) is 0 Å². The molecule has 6 heteroatoms. The van der Waals surface area contributed by atoms with Crippen LogP contribution in [0.1, 0.15) is 46.1 Å². The Bertz CT molecular complexity index is 625. The summed E-state index contributed by atoms with van der Waals surface area (Å²) >= 11 is 6.08. The molecule has 0 aliphatic carbocycles. The molecule has 0 atom stereocenters. The first kappa shape index (κ1) is 18.7. The van der Waals surface area contributed by atoms with Crippen molar-refractivity contribution >= 4 is 23.4 Å². The molecule has 5 nitrogen and oxygen atoms in total. The number of carbonyl (C=O) groups is 2. The van der Waals surface area contributed by atoms with E-state index in [0.717, 1.165) is 5.56 Å². The molecule has 1 heterocycles. The van der Waals surface area contributed by atoms with E-state index in [1.54, 1.807) is 11.0 Å². The Labute approximate surface area is 148 Å². The predicted molar refractivity (Wildman–Crippen MR) is 95.5 cm³/mol. The number of likely N-dealkylation sites (tertiary alicyclic amines) is 1. The van der Waals surface area contributed by atoms with Gasteiger partial charge in [-0.3, -0.25) is 9.59 Å². The highest BCUT2D eigenvalue weighted by Gasteiger charge is 2.48. The lowest BCUT2D eigenvalue weighted by atomic mass is 9.77. The number of carbonyl (C=O) groups excluding carboxylic acids is 2. The van der Waals surface area contributed by atoms with Crippen LogP contribution in [0.2, 0.25) is 5.02 Å². The van der Waals surface area contributed by atoms with Crippen molar-refractivity contribution in [1.29, 1.82) is 0 Å². The molecule has 0 unspecified atom stereocenters. The van der Waals surface area contributed by atoms with Gasteiger partial charge >= 0.3 is 11.8 Å². The predicted octanol–water partition coefficient (Wildman–Crippen LogP) is 2.46. The normalized spacial score (nSPS) is 19.8. The maximum absolute atomic E-state index is 12.8. The number of halogens is 1. The second kappa shape index (κ2) is 6.73. The summed E-state index contributed by atoms with van der Waals surface area (Å²) in [7, 11) is 0. The molecule has 0 spiro atoms. The Hall–Kier alpha value is -1.59. The summed E-state index contributed by atoms with van der Waals surface area (Å²) in [5, 5.41) is 3.24. The number of nitrogens with one attached hydrogen (secondary N) is 1. The SMILES string of the molecule is CC1(C)CC(N)CC(C)(C)N1C(=O)C(=O)NCc1ccccc1Cl. The monoisotopic (exact) mass is 351 g/mol. The molecular formula is C18H26ClN3O2. The summed E-state index contributed by atoms with van der Waals surface area (Å²) in [5.41, 5.74) is 5.96. The molecule has 1 aliphatic rings. The summed E-state index contributed by atoms with van der Waals surface area (Å²) in [6.07, 6.45) is 1.33. The maximum Gasteiger partial charge on any atom is 0.312 e. The molecule has 0 bridgehead atoms. The zero-order valence-corrected chi connectivity index (χ0v) is 15.5. The maximum atomic E-state index is 12.8. The Balaban J connectivity index is 2.12. The molecule has 0 saturated carbocycles. The van der Waals surface area contributed by atoms with Gasteiger partial charge in [-0.1, -0.05) is 29.8 Å². The average molecular weight is 352 g/mol. The molecule has 1 fully saturated rings. The van der Waals surface area contributed by atoms with Gasteiger partial charge in [0.15, 0.2) is 0 Å². The van der Waals surface area contributed by atoms with Gasteiger partial charge < -0.3 is 16.0 Å². The van der Waals surface area contributed by atoms with Gasteiger partial charge in [-0.25, -0.2) is 0 Å². The van der Waals surface area contributed by atoms with E-state index in [1.807, 2.05) is 45.9 Å². The molecule has 2 amide bonds. The van der Waals surface area contributed by atoms with Gasteiger partial charge in [0.2, 0.25) is 0 Å². The smallest absolute Gasteiger partial charge is 0.312 e. The van der Waals surface area contributed by atoms with E-state index in [9.17, 15) is 9.59 Å². The van der Waals surface area contributed by atoms with Crippen LogP contribution < -0.4 is 11.1 Å². The highest BCUT2D eigenvalue weighted by molar-refractivity contribution is 6.35. The van der Waals surface area contributed by atoms with Crippen molar-refractivity contribution in [3.05, 3.63) is 34.9 Å². The van der Waals surface area contributed by atoms with Crippen LogP contribution in [0.3, 0.4) is 0 Å². The van der Waals surface area contributed by atoms with E-state index >= 15 is 0 Å². The van der Waals surface area contributed by atoms with Crippen molar-refractivity contribution in [2.45, 2.75) is 64.2 Å². The zero-order valence-electron chi connectivity index (χ0n) is 14.7. The Morgan fingerprint density at radius 1 is 1.21 bits per heavy atom. The lowest BCUT2D eigenvalue weighted by Gasteiger charge is -2.54. The lowest BCUT2D eigenvalue weighted by molar-refractivity contribution is -0.159. The van der Waals surface area contributed by atoms with E-state index in [4.69, 9.17) is 17.3 Å². The van der Waals surface area contributed by atoms with Crippen molar-refractivity contribution in [1.82, 2.24) is 10.2 Å². The number of nitrogens with two attached hydrogens (primary N) is 1. The minimum absolute atomic E-state index is 0.0187. The van der Waals surface area contributed by atoms with Gasteiger partial charge in [-0.05, 0) is 52.2 Å². The number of hydrogen-bond acceptors (Lipinski definition) is 3. The minimum Gasteiger partial charge on any atom is -0.344 e. The van der Waals surface area contributed by atoms with Crippen LogP contribution >= 0.6 is 11.6 Å². The number of hydrogen-bond donors (Lipinski definition) is 2. The third kappa shape index (κ3) is 3.90. The second-order valence-electron chi connectivity index (χ2n) is 7.71. The van der Waals surface area contributed by atoms with Crippen LogP contribution in [-0.4, -0.2) is 33.8 Å². The molecule has 0 radical (unpaired) electrons. The Morgan fingerprint density at radius 3 is 2.29 bits per heavy atom. The average Bonchev–Trinajstić information content (AvgIpc) is 2.42. The van der Waals surface area contributed by atoms with E-state index in [1.165, 1.54) is 0 Å².